The molecule has 9 heteroatoms. The van der Waals surface area contributed by atoms with Gasteiger partial charge in [0.25, 0.3) is 0 Å². The molecule has 0 amide bonds. The Morgan fingerprint density at radius 1 is 1.12 bits per heavy atom. The van der Waals surface area contributed by atoms with E-state index in [0.29, 0.717) is 16.3 Å². The van der Waals surface area contributed by atoms with Crippen molar-refractivity contribution in [2.24, 2.45) is 0 Å². The van der Waals surface area contributed by atoms with Gasteiger partial charge in [0.15, 0.2) is 5.69 Å². The van der Waals surface area contributed by atoms with Gasteiger partial charge in [0.1, 0.15) is 11.6 Å². The van der Waals surface area contributed by atoms with Crippen LogP contribution in [0.2, 0.25) is 5.02 Å². The maximum absolute atomic E-state index is 13.1. The second-order valence-electron chi connectivity index (χ2n) is 5.62. The molecule has 0 saturated carbocycles. The molecule has 0 spiro atoms. The van der Waals surface area contributed by atoms with E-state index in [4.69, 9.17) is 16.3 Å². The smallest absolute Gasteiger partial charge is 0.433 e. The summed E-state index contributed by atoms with van der Waals surface area (Å²) in [5.41, 5.74) is -0.281. The molecule has 0 radical (unpaired) electrons. The van der Waals surface area contributed by atoms with E-state index in [2.05, 4.69) is 9.97 Å². The number of benzene rings is 1. The molecule has 0 bridgehead atoms. The number of hydrogen-bond acceptors (Lipinski definition) is 5. The number of methoxy groups -OCH3 is 1. The van der Waals surface area contributed by atoms with Gasteiger partial charge in [-0.3, -0.25) is 0 Å². The summed E-state index contributed by atoms with van der Waals surface area (Å²) in [5, 5.41) is 0.503. The van der Waals surface area contributed by atoms with Crippen molar-refractivity contribution in [3.05, 3.63) is 40.5 Å². The average molecular weight is 375 g/mol. The van der Waals surface area contributed by atoms with Crippen LogP contribution in [0.4, 0.5) is 24.9 Å². The number of aromatic nitrogens is 2. The summed E-state index contributed by atoms with van der Waals surface area (Å²) in [6.45, 7) is 0.234. The Balaban J connectivity index is 2.40. The van der Waals surface area contributed by atoms with Crippen molar-refractivity contribution in [2.75, 3.05) is 38.1 Å². The Kier molecular flexibility index (Phi) is 5.62. The van der Waals surface area contributed by atoms with Crippen LogP contribution in [0.3, 0.4) is 0 Å². The van der Waals surface area contributed by atoms with Gasteiger partial charge in [0.05, 0.1) is 7.11 Å². The zero-order valence-corrected chi connectivity index (χ0v) is 15.0. The topological polar surface area (TPSA) is 41.5 Å². The van der Waals surface area contributed by atoms with Crippen molar-refractivity contribution in [2.45, 2.75) is 12.7 Å². The van der Waals surface area contributed by atoms with E-state index < -0.39 is 11.9 Å². The van der Waals surface area contributed by atoms with Gasteiger partial charge in [0.2, 0.25) is 5.95 Å². The first-order chi connectivity index (χ1) is 11.6. The SMILES string of the molecule is COc1ccc(Cl)cc1CN(C)c1nc(N(C)C)cc(C(F)(F)F)n1. The minimum Gasteiger partial charge on any atom is -0.496 e. The molecule has 136 valence electrons. The fourth-order valence-electron chi connectivity index (χ4n) is 2.16. The predicted octanol–water partition coefficient (Wildman–Crippen LogP) is 3.86. The number of halogens is 4. The molecule has 2 aromatic rings. The molecule has 0 aliphatic rings. The van der Waals surface area contributed by atoms with E-state index in [1.54, 1.807) is 39.3 Å². The van der Waals surface area contributed by atoms with Gasteiger partial charge in [0, 0.05) is 44.3 Å². The fraction of sp³-hybridized carbons (Fsp3) is 0.375. The Hall–Kier alpha value is -2.22. The standard InChI is InChI=1S/C16H18ClF3N4O/c1-23(2)14-8-13(16(18,19)20)21-15(22-14)24(3)9-10-7-11(17)5-6-12(10)25-4/h5-8H,9H2,1-4H3. The quantitative estimate of drug-likeness (QED) is 0.795. The Labute approximate surface area is 149 Å². The van der Waals surface area contributed by atoms with Gasteiger partial charge >= 0.3 is 6.18 Å². The largest absolute Gasteiger partial charge is 0.496 e. The van der Waals surface area contributed by atoms with E-state index in [9.17, 15) is 13.2 Å². The second-order valence-corrected chi connectivity index (χ2v) is 6.05. The van der Waals surface area contributed by atoms with Gasteiger partial charge in [-0.05, 0) is 18.2 Å². The zero-order valence-electron chi connectivity index (χ0n) is 14.2. The molecule has 0 aliphatic carbocycles. The minimum absolute atomic E-state index is 0.0412. The highest BCUT2D eigenvalue weighted by Crippen LogP contribution is 2.31. The fourth-order valence-corrected chi connectivity index (χ4v) is 2.36. The van der Waals surface area contributed by atoms with Gasteiger partial charge in [-0.15, -0.1) is 0 Å². The maximum Gasteiger partial charge on any atom is 0.433 e. The molecule has 25 heavy (non-hydrogen) atoms. The summed E-state index contributed by atoms with van der Waals surface area (Å²) in [6.07, 6.45) is -4.56. The van der Waals surface area contributed by atoms with E-state index in [1.807, 2.05) is 0 Å². The highest BCUT2D eigenvalue weighted by Gasteiger charge is 2.34. The van der Waals surface area contributed by atoms with Crippen LogP contribution in [0.5, 0.6) is 5.75 Å². The summed E-state index contributed by atoms with van der Waals surface area (Å²) < 4.78 is 44.6. The molecule has 1 aromatic heterocycles. The molecule has 0 N–H and O–H groups in total. The average Bonchev–Trinajstić information content (AvgIpc) is 2.53. The third-order valence-corrected chi connectivity index (χ3v) is 3.68. The highest BCUT2D eigenvalue weighted by atomic mass is 35.5. The Bertz CT molecular complexity index is 753. The first-order valence-corrected chi connectivity index (χ1v) is 7.66. The summed E-state index contributed by atoms with van der Waals surface area (Å²) in [5.74, 6) is 0.707. The molecule has 0 atom stereocenters. The summed E-state index contributed by atoms with van der Waals surface area (Å²) >= 11 is 5.99. The normalized spacial score (nSPS) is 11.4. The molecular formula is C16H18ClF3N4O. The number of hydrogen-bond donors (Lipinski definition) is 0. The zero-order chi connectivity index (χ0) is 18.8. The Morgan fingerprint density at radius 2 is 1.80 bits per heavy atom. The summed E-state index contributed by atoms with van der Waals surface area (Å²) in [4.78, 5) is 10.8. The van der Waals surface area contributed by atoms with Crippen LogP contribution >= 0.6 is 11.6 Å². The third-order valence-electron chi connectivity index (χ3n) is 3.44. The Morgan fingerprint density at radius 3 is 2.36 bits per heavy atom. The number of ether oxygens (including phenoxy) is 1. The van der Waals surface area contributed by atoms with Crippen LogP contribution in [0.1, 0.15) is 11.3 Å². The second kappa shape index (κ2) is 7.35. The lowest BCUT2D eigenvalue weighted by atomic mass is 10.2. The van der Waals surface area contributed by atoms with Crippen molar-refractivity contribution < 1.29 is 17.9 Å². The maximum atomic E-state index is 13.1. The third kappa shape index (κ3) is 4.66. The molecule has 5 nitrogen and oxygen atoms in total. The van der Waals surface area contributed by atoms with Crippen LogP contribution < -0.4 is 14.5 Å². The molecular weight excluding hydrogens is 357 g/mol. The predicted molar refractivity (Wildman–Crippen MR) is 91.5 cm³/mol. The molecule has 0 unspecified atom stereocenters. The molecule has 1 heterocycles. The molecule has 0 fully saturated rings. The van der Waals surface area contributed by atoms with Crippen LogP contribution in [0.25, 0.3) is 0 Å². The molecule has 0 saturated heterocycles. The van der Waals surface area contributed by atoms with Crippen LogP contribution in [0.15, 0.2) is 24.3 Å². The minimum atomic E-state index is -4.56. The number of anilines is 2. The molecule has 0 aliphatic heterocycles. The lowest BCUT2D eigenvalue weighted by Crippen LogP contribution is -2.23. The van der Waals surface area contributed by atoms with E-state index in [0.717, 1.165) is 6.07 Å². The highest BCUT2D eigenvalue weighted by molar-refractivity contribution is 6.30. The first kappa shape index (κ1) is 19.1. The number of alkyl halides is 3. The van der Waals surface area contributed by atoms with Gasteiger partial charge in [-0.25, -0.2) is 4.98 Å². The van der Waals surface area contributed by atoms with Gasteiger partial charge in [-0.2, -0.15) is 18.2 Å². The van der Waals surface area contributed by atoms with Crippen LogP contribution in [-0.4, -0.2) is 38.2 Å². The van der Waals surface area contributed by atoms with Gasteiger partial charge < -0.3 is 14.5 Å². The van der Waals surface area contributed by atoms with E-state index in [1.165, 1.54) is 16.9 Å². The number of rotatable bonds is 5. The van der Waals surface area contributed by atoms with E-state index in [-0.39, 0.29) is 18.3 Å². The summed E-state index contributed by atoms with van der Waals surface area (Å²) in [7, 11) is 6.35. The van der Waals surface area contributed by atoms with Crippen molar-refractivity contribution >= 4 is 23.4 Å². The van der Waals surface area contributed by atoms with Crippen molar-refractivity contribution in [1.82, 2.24) is 9.97 Å². The van der Waals surface area contributed by atoms with Crippen molar-refractivity contribution in [1.29, 1.82) is 0 Å². The van der Waals surface area contributed by atoms with Crippen molar-refractivity contribution in [3.8, 4) is 5.75 Å². The van der Waals surface area contributed by atoms with Crippen LogP contribution in [-0.2, 0) is 12.7 Å². The van der Waals surface area contributed by atoms with Crippen molar-refractivity contribution in [3.63, 3.8) is 0 Å². The van der Waals surface area contributed by atoms with Gasteiger partial charge in [-0.1, -0.05) is 11.6 Å². The monoisotopic (exact) mass is 374 g/mol. The molecule has 2 rings (SSSR count). The number of nitrogens with zero attached hydrogens (tertiary/aromatic N) is 4. The summed E-state index contributed by atoms with van der Waals surface area (Å²) in [6, 6.07) is 5.98. The lowest BCUT2D eigenvalue weighted by molar-refractivity contribution is -0.141. The lowest BCUT2D eigenvalue weighted by Gasteiger charge is -2.22. The first-order valence-electron chi connectivity index (χ1n) is 7.29. The van der Waals surface area contributed by atoms with E-state index >= 15 is 0 Å². The van der Waals surface area contributed by atoms with Crippen LogP contribution in [0, 0.1) is 0 Å². The molecule has 1 aromatic carbocycles.